The van der Waals surface area contributed by atoms with Crippen molar-refractivity contribution in [3.8, 4) is 0 Å². The first-order valence-electron chi connectivity index (χ1n) is 10.2. The van der Waals surface area contributed by atoms with E-state index >= 15 is 0 Å². The van der Waals surface area contributed by atoms with Crippen molar-refractivity contribution in [1.29, 1.82) is 0 Å². The molecule has 0 radical (unpaired) electrons. The fraction of sp³-hybridized carbons (Fsp3) is 0.364. The molecule has 2 aromatic heterocycles. The minimum atomic E-state index is -0.0868. The number of hydrogen-bond donors (Lipinski definition) is 0. The number of amides is 2. The number of thiophene rings is 1. The third-order valence-electron chi connectivity index (χ3n) is 5.27. The van der Waals surface area contributed by atoms with Crippen LogP contribution in [0, 0.1) is 0 Å². The number of fused-ring (bicyclic) bond motifs is 1. The second-order valence-corrected chi connectivity index (χ2v) is 9.51. The molecular formula is C22H24N4O3S2. The highest BCUT2D eigenvalue weighted by Crippen LogP contribution is 2.22. The molecule has 4 rings (SSSR count). The van der Waals surface area contributed by atoms with E-state index in [-0.39, 0.29) is 29.2 Å². The highest BCUT2D eigenvalue weighted by atomic mass is 32.2. The van der Waals surface area contributed by atoms with Crippen molar-refractivity contribution >= 4 is 45.8 Å². The van der Waals surface area contributed by atoms with Gasteiger partial charge in [-0.2, -0.15) is 0 Å². The number of carbonyl (C=O) groups excluding carboxylic acids is 2. The van der Waals surface area contributed by atoms with Crippen molar-refractivity contribution in [2.75, 3.05) is 31.9 Å². The van der Waals surface area contributed by atoms with Gasteiger partial charge in [0.25, 0.3) is 11.5 Å². The fourth-order valence-electron chi connectivity index (χ4n) is 3.62. The van der Waals surface area contributed by atoms with Gasteiger partial charge in [0.15, 0.2) is 5.16 Å². The Morgan fingerprint density at radius 3 is 2.45 bits per heavy atom. The highest BCUT2D eigenvalue weighted by Gasteiger charge is 2.25. The van der Waals surface area contributed by atoms with Gasteiger partial charge in [-0.05, 0) is 37.4 Å². The van der Waals surface area contributed by atoms with Crippen LogP contribution in [0.4, 0.5) is 0 Å². The first-order chi connectivity index (χ1) is 15.0. The summed E-state index contributed by atoms with van der Waals surface area (Å²) in [5.41, 5.74) is 0.552. The van der Waals surface area contributed by atoms with E-state index in [2.05, 4.69) is 4.98 Å². The van der Waals surface area contributed by atoms with E-state index in [0.29, 0.717) is 42.2 Å². The van der Waals surface area contributed by atoms with Crippen LogP contribution in [0.25, 0.3) is 10.9 Å². The Kier molecular flexibility index (Phi) is 6.43. The second-order valence-electron chi connectivity index (χ2n) is 7.62. The second kappa shape index (κ2) is 9.23. The van der Waals surface area contributed by atoms with Crippen LogP contribution in [0.1, 0.15) is 29.6 Å². The number of aromatic nitrogens is 2. The Bertz CT molecular complexity index is 1150. The lowest BCUT2D eigenvalue weighted by molar-refractivity contribution is -0.129. The predicted octanol–water partition coefficient (Wildman–Crippen LogP) is 3.12. The zero-order valence-corrected chi connectivity index (χ0v) is 19.1. The number of hydrogen-bond acceptors (Lipinski definition) is 6. The standard InChI is InChI=1S/C22H24N4O3S2/c1-15(2)26-20(28)16-6-3-4-7-17(16)23-22(26)31-14-19(27)24-9-11-25(12-10-24)21(29)18-8-5-13-30-18/h3-8,13,15H,9-12,14H2,1-2H3. The van der Waals surface area contributed by atoms with Crippen LogP contribution >= 0.6 is 23.1 Å². The van der Waals surface area contributed by atoms with Crippen LogP contribution in [0.3, 0.4) is 0 Å². The summed E-state index contributed by atoms with van der Waals surface area (Å²) in [4.78, 5) is 47.1. The molecule has 9 heteroatoms. The first-order valence-corrected chi connectivity index (χ1v) is 12.1. The van der Waals surface area contributed by atoms with Gasteiger partial charge in [-0.15, -0.1) is 11.3 Å². The molecule has 0 unspecified atom stereocenters. The normalized spacial score (nSPS) is 14.4. The van der Waals surface area contributed by atoms with Gasteiger partial charge < -0.3 is 9.80 Å². The molecule has 162 valence electrons. The van der Waals surface area contributed by atoms with Gasteiger partial charge in [0.05, 0.1) is 21.5 Å². The SMILES string of the molecule is CC(C)n1c(SCC(=O)N2CCN(C(=O)c3cccs3)CC2)nc2ccccc2c1=O. The van der Waals surface area contributed by atoms with Crippen LogP contribution in [0.15, 0.2) is 51.7 Å². The molecule has 0 spiro atoms. The molecule has 0 aliphatic carbocycles. The number of benzene rings is 1. The summed E-state index contributed by atoms with van der Waals surface area (Å²) in [6.45, 7) is 5.95. The van der Waals surface area contributed by atoms with E-state index in [1.54, 1.807) is 20.4 Å². The number of piperazine rings is 1. The van der Waals surface area contributed by atoms with E-state index in [1.165, 1.54) is 23.1 Å². The average molecular weight is 457 g/mol. The predicted molar refractivity (Wildman–Crippen MR) is 124 cm³/mol. The molecule has 7 nitrogen and oxygen atoms in total. The van der Waals surface area contributed by atoms with Crippen LogP contribution in [0.2, 0.25) is 0 Å². The molecule has 0 saturated carbocycles. The van der Waals surface area contributed by atoms with E-state index in [4.69, 9.17) is 0 Å². The van der Waals surface area contributed by atoms with Gasteiger partial charge in [-0.1, -0.05) is 30.0 Å². The van der Waals surface area contributed by atoms with E-state index in [9.17, 15) is 14.4 Å². The van der Waals surface area contributed by atoms with Crippen molar-refractivity contribution in [3.05, 3.63) is 57.0 Å². The van der Waals surface area contributed by atoms with Crippen LogP contribution in [0.5, 0.6) is 0 Å². The summed E-state index contributed by atoms with van der Waals surface area (Å²) < 4.78 is 1.65. The molecule has 31 heavy (non-hydrogen) atoms. The fourth-order valence-corrected chi connectivity index (χ4v) is 5.34. The van der Waals surface area contributed by atoms with Crippen LogP contribution in [-0.4, -0.2) is 63.1 Å². The molecule has 3 heterocycles. The van der Waals surface area contributed by atoms with Crippen molar-refractivity contribution in [2.24, 2.45) is 0 Å². The molecule has 0 atom stereocenters. The summed E-state index contributed by atoms with van der Waals surface area (Å²) in [6.07, 6.45) is 0. The summed E-state index contributed by atoms with van der Waals surface area (Å²) in [5.74, 6) is 0.222. The third-order valence-corrected chi connectivity index (χ3v) is 7.06. The monoisotopic (exact) mass is 456 g/mol. The molecule has 1 aliphatic rings. The Labute approximate surface area is 188 Å². The smallest absolute Gasteiger partial charge is 0.264 e. The van der Waals surface area contributed by atoms with E-state index in [0.717, 1.165) is 4.88 Å². The molecule has 2 amide bonds. The Balaban J connectivity index is 1.41. The zero-order chi connectivity index (χ0) is 22.0. The maximum Gasteiger partial charge on any atom is 0.264 e. The summed E-state index contributed by atoms with van der Waals surface area (Å²) >= 11 is 2.73. The third kappa shape index (κ3) is 4.52. The minimum absolute atomic E-state index is 0.00839. The molecular weight excluding hydrogens is 432 g/mol. The number of nitrogens with zero attached hydrogens (tertiary/aromatic N) is 4. The van der Waals surface area contributed by atoms with Crippen LogP contribution in [-0.2, 0) is 4.79 Å². The number of rotatable bonds is 5. The van der Waals surface area contributed by atoms with Crippen molar-refractivity contribution in [1.82, 2.24) is 19.4 Å². The van der Waals surface area contributed by atoms with Crippen molar-refractivity contribution in [2.45, 2.75) is 25.0 Å². The lowest BCUT2D eigenvalue weighted by Crippen LogP contribution is -2.51. The molecule has 0 bridgehead atoms. The summed E-state index contributed by atoms with van der Waals surface area (Å²) in [5, 5.41) is 3.03. The molecule has 3 aromatic rings. The maximum atomic E-state index is 12.9. The molecule has 0 N–H and O–H groups in total. The molecule has 1 aliphatic heterocycles. The molecule has 1 aromatic carbocycles. The Hall–Kier alpha value is -2.65. The van der Waals surface area contributed by atoms with Crippen molar-refractivity contribution in [3.63, 3.8) is 0 Å². The molecule has 1 saturated heterocycles. The van der Waals surface area contributed by atoms with Gasteiger partial charge in [0.1, 0.15) is 0 Å². The first kappa shape index (κ1) is 21.6. The summed E-state index contributed by atoms with van der Waals surface area (Å²) in [7, 11) is 0. The largest absolute Gasteiger partial charge is 0.338 e. The minimum Gasteiger partial charge on any atom is -0.338 e. The van der Waals surface area contributed by atoms with Crippen LogP contribution < -0.4 is 5.56 Å². The van der Waals surface area contributed by atoms with Gasteiger partial charge in [0.2, 0.25) is 5.91 Å². The van der Waals surface area contributed by atoms with Gasteiger partial charge in [-0.25, -0.2) is 4.98 Å². The number of para-hydroxylation sites is 1. The summed E-state index contributed by atoms with van der Waals surface area (Å²) in [6, 6.07) is 10.9. The number of carbonyl (C=O) groups is 2. The quantitative estimate of drug-likeness (QED) is 0.436. The average Bonchev–Trinajstić information content (AvgIpc) is 3.32. The molecule has 1 fully saturated rings. The van der Waals surface area contributed by atoms with Crippen molar-refractivity contribution < 1.29 is 9.59 Å². The topological polar surface area (TPSA) is 75.5 Å². The highest BCUT2D eigenvalue weighted by molar-refractivity contribution is 7.99. The van der Waals surface area contributed by atoms with Gasteiger partial charge >= 0.3 is 0 Å². The lowest BCUT2D eigenvalue weighted by atomic mass is 10.2. The zero-order valence-electron chi connectivity index (χ0n) is 17.5. The van der Waals surface area contributed by atoms with Gasteiger partial charge in [0, 0.05) is 32.2 Å². The Morgan fingerprint density at radius 1 is 1.06 bits per heavy atom. The van der Waals surface area contributed by atoms with E-state index in [1.807, 2.05) is 49.6 Å². The maximum absolute atomic E-state index is 12.9. The number of thioether (sulfide) groups is 1. The van der Waals surface area contributed by atoms with E-state index < -0.39 is 0 Å². The lowest BCUT2D eigenvalue weighted by Gasteiger charge is -2.34. The Morgan fingerprint density at radius 2 is 1.77 bits per heavy atom. The van der Waals surface area contributed by atoms with Gasteiger partial charge in [-0.3, -0.25) is 19.0 Å².